The minimum atomic E-state index is -0.661. The Balaban J connectivity index is 1.61. The van der Waals surface area contributed by atoms with E-state index >= 15 is 0 Å². The van der Waals surface area contributed by atoms with Gasteiger partial charge in [0.05, 0.1) is 36.1 Å². The molecule has 4 atom stereocenters. The van der Waals surface area contributed by atoms with Gasteiger partial charge in [0.1, 0.15) is 6.04 Å². The highest BCUT2D eigenvalue weighted by Gasteiger charge is 2.46. The van der Waals surface area contributed by atoms with Gasteiger partial charge in [-0.15, -0.1) is 0 Å². The summed E-state index contributed by atoms with van der Waals surface area (Å²) < 4.78 is 5.72. The number of carbonyl (C=O) groups excluding carboxylic acids is 3. The molecular weight excluding hydrogens is 420 g/mol. The third-order valence-electron chi connectivity index (χ3n) is 6.16. The molecule has 4 amide bonds. The van der Waals surface area contributed by atoms with E-state index in [2.05, 4.69) is 5.32 Å². The molecule has 9 heteroatoms. The van der Waals surface area contributed by atoms with Crippen molar-refractivity contribution < 1.29 is 19.1 Å². The van der Waals surface area contributed by atoms with Gasteiger partial charge in [-0.3, -0.25) is 14.5 Å². The Bertz CT molecular complexity index is 955. The van der Waals surface area contributed by atoms with E-state index < -0.39 is 12.1 Å². The van der Waals surface area contributed by atoms with Crippen LogP contribution in [0, 0.1) is 0 Å². The zero-order valence-corrected chi connectivity index (χ0v) is 18.8. The van der Waals surface area contributed by atoms with E-state index in [1.807, 2.05) is 19.9 Å². The summed E-state index contributed by atoms with van der Waals surface area (Å²) in [6, 6.07) is 5.51. The van der Waals surface area contributed by atoms with E-state index in [1.54, 1.807) is 42.0 Å². The SMILES string of the molecule is C[C@@H]1CN(C(=O)[C@H](C)N2CC3=C(C2=O)[C@H](c2ccccc2Cl)NC(=O)N3C)C[C@@H](C)O1. The summed E-state index contributed by atoms with van der Waals surface area (Å²) in [7, 11) is 1.63. The molecule has 0 spiro atoms. The quantitative estimate of drug-likeness (QED) is 0.771. The largest absolute Gasteiger partial charge is 0.372 e. The Morgan fingerprint density at radius 1 is 1.19 bits per heavy atom. The molecule has 1 N–H and O–H groups in total. The van der Waals surface area contributed by atoms with Gasteiger partial charge in [0.2, 0.25) is 5.91 Å². The van der Waals surface area contributed by atoms with Crippen LogP contribution in [0.3, 0.4) is 0 Å². The molecule has 0 bridgehead atoms. The minimum absolute atomic E-state index is 0.0573. The van der Waals surface area contributed by atoms with Crippen molar-refractivity contribution in [2.45, 2.75) is 45.1 Å². The molecular formula is C22H27ClN4O4. The highest BCUT2D eigenvalue weighted by atomic mass is 35.5. The maximum Gasteiger partial charge on any atom is 0.322 e. The topological polar surface area (TPSA) is 82.2 Å². The molecule has 3 aliphatic heterocycles. The number of likely N-dealkylation sites (N-methyl/N-ethyl adjacent to an activating group) is 1. The van der Waals surface area contributed by atoms with Crippen molar-refractivity contribution in [1.82, 2.24) is 20.0 Å². The van der Waals surface area contributed by atoms with Crippen molar-refractivity contribution in [1.29, 1.82) is 0 Å². The van der Waals surface area contributed by atoms with Gasteiger partial charge < -0.3 is 19.9 Å². The van der Waals surface area contributed by atoms with E-state index in [0.717, 1.165) is 0 Å². The maximum atomic E-state index is 13.5. The smallest absolute Gasteiger partial charge is 0.322 e. The molecule has 3 heterocycles. The Morgan fingerprint density at radius 3 is 2.48 bits per heavy atom. The standard InChI is InChI=1S/C22H27ClN4O4/c1-12-9-26(10-13(2)31-12)20(28)14(3)27-11-17-18(21(27)29)19(24-22(30)25(17)4)15-7-5-6-8-16(15)23/h5-8,12-14,19H,9-11H2,1-4H3,(H,24,30)/t12-,13-,14+,19+/m1/s1. The summed E-state index contributed by atoms with van der Waals surface area (Å²) >= 11 is 6.37. The number of urea groups is 1. The van der Waals surface area contributed by atoms with Crippen LogP contribution in [0.5, 0.6) is 0 Å². The summed E-state index contributed by atoms with van der Waals surface area (Å²) in [5.74, 6) is -0.381. The number of hydrogen-bond acceptors (Lipinski definition) is 4. The lowest BCUT2D eigenvalue weighted by molar-refractivity contribution is -0.151. The summed E-state index contributed by atoms with van der Waals surface area (Å²) in [6.45, 7) is 6.78. The summed E-state index contributed by atoms with van der Waals surface area (Å²) in [5.41, 5.74) is 1.71. The Labute approximate surface area is 186 Å². The van der Waals surface area contributed by atoms with Crippen LogP contribution >= 0.6 is 11.6 Å². The predicted molar refractivity (Wildman–Crippen MR) is 115 cm³/mol. The number of nitrogens with zero attached hydrogens (tertiary/aromatic N) is 3. The minimum Gasteiger partial charge on any atom is -0.372 e. The van der Waals surface area contributed by atoms with Crippen molar-refractivity contribution in [2.24, 2.45) is 0 Å². The fourth-order valence-electron chi connectivity index (χ4n) is 4.60. The molecule has 0 aromatic heterocycles. The van der Waals surface area contributed by atoms with E-state index in [0.29, 0.717) is 34.9 Å². The van der Waals surface area contributed by atoms with E-state index in [1.165, 1.54) is 4.90 Å². The van der Waals surface area contributed by atoms with Crippen molar-refractivity contribution >= 4 is 29.4 Å². The Hall–Kier alpha value is -2.58. The van der Waals surface area contributed by atoms with Crippen molar-refractivity contribution in [3.63, 3.8) is 0 Å². The van der Waals surface area contributed by atoms with Crippen LogP contribution in [0.4, 0.5) is 4.79 Å². The van der Waals surface area contributed by atoms with Crippen LogP contribution in [-0.4, -0.2) is 77.5 Å². The van der Waals surface area contributed by atoms with Gasteiger partial charge in [-0.2, -0.15) is 0 Å². The molecule has 0 aliphatic carbocycles. The number of morpholine rings is 1. The molecule has 0 saturated carbocycles. The molecule has 0 unspecified atom stereocenters. The first-order valence-corrected chi connectivity index (χ1v) is 10.8. The Morgan fingerprint density at radius 2 is 1.84 bits per heavy atom. The predicted octanol–water partition coefficient (Wildman–Crippen LogP) is 2.16. The first-order valence-electron chi connectivity index (χ1n) is 10.5. The van der Waals surface area contributed by atoms with Gasteiger partial charge in [-0.25, -0.2) is 4.79 Å². The second-order valence-corrected chi connectivity index (χ2v) is 8.84. The molecule has 0 radical (unpaired) electrons. The normalized spacial score (nSPS) is 27.4. The van der Waals surface area contributed by atoms with Crippen LogP contribution in [0.25, 0.3) is 0 Å². The fourth-order valence-corrected chi connectivity index (χ4v) is 4.84. The van der Waals surface area contributed by atoms with Gasteiger partial charge in [-0.1, -0.05) is 29.8 Å². The monoisotopic (exact) mass is 446 g/mol. The van der Waals surface area contributed by atoms with Gasteiger partial charge in [0.25, 0.3) is 5.91 Å². The number of amides is 4. The molecule has 31 heavy (non-hydrogen) atoms. The number of benzene rings is 1. The highest BCUT2D eigenvalue weighted by Crippen LogP contribution is 2.38. The van der Waals surface area contributed by atoms with Crippen molar-refractivity contribution in [2.75, 3.05) is 26.7 Å². The molecule has 166 valence electrons. The first-order chi connectivity index (χ1) is 14.7. The van der Waals surface area contributed by atoms with Gasteiger partial charge in [0, 0.05) is 25.2 Å². The average Bonchev–Trinajstić information content (AvgIpc) is 3.07. The van der Waals surface area contributed by atoms with E-state index in [-0.39, 0.29) is 36.6 Å². The number of halogens is 1. The second-order valence-electron chi connectivity index (χ2n) is 8.43. The fraction of sp³-hybridized carbons (Fsp3) is 0.500. The van der Waals surface area contributed by atoms with Crippen molar-refractivity contribution in [3.8, 4) is 0 Å². The third kappa shape index (κ3) is 3.78. The lowest BCUT2D eigenvalue weighted by Crippen LogP contribution is -2.54. The lowest BCUT2D eigenvalue weighted by Gasteiger charge is -2.38. The molecule has 1 saturated heterocycles. The van der Waals surface area contributed by atoms with Crippen LogP contribution < -0.4 is 5.32 Å². The lowest BCUT2D eigenvalue weighted by atomic mass is 9.95. The molecule has 8 nitrogen and oxygen atoms in total. The average molecular weight is 447 g/mol. The zero-order valence-electron chi connectivity index (χ0n) is 18.1. The molecule has 1 aromatic rings. The van der Waals surface area contributed by atoms with Crippen LogP contribution in [0.1, 0.15) is 32.4 Å². The van der Waals surface area contributed by atoms with Crippen molar-refractivity contribution in [3.05, 3.63) is 46.1 Å². The number of ether oxygens (including phenoxy) is 1. The number of nitrogens with one attached hydrogen (secondary N) is 1. The third-order valence-corrected chi connectivity index (χ3v) is 6.50. The highest BCUT2D eigenvalue weighted by molar-refractivity contribution is 6.31. The first kappa shape index (κ1) is 21.6. The maximum absolute atomic E-state index is 13.5. The van der Waals surface area contributed by atoms with E-state index in [9.17, 15) is 14.4 Å². The van der Waals surface area contributed by atoms with Gasteiger partial charge >= 0.3 is 6.03 Å². The second kappa shape index (κ2) is 8.16. The van der Waals surface area contributed by atoms with E-state index in [4.69, 9.17) is 16.3 Å². The van der Waals surface area contributed by atoms with Crippen LogP contribution in [0.15, 0.2) is 35.5 Å². The van der Waals surface area contributed by atoms with Crippen LogP contribution in [-0.2, 0) is 14.3 Å². The Kier molecular flexibility index (Phi) is 5.70. The molecule has 1 fully saturated rings. The summed E-state index contributed by atoms with van der Waals surface area (Å²) in [6.07, 6.45) is -0.115. The van der Waals surface area contributed by atoms with Gasteiger partial charge in [0.15, 0.2) is 0 Å². The number of carbonyl (C=O) groups is 3. The molecule has 1 aromatic carbocycles. The molecule has 3 aliphatic rings. The zero-order chi connectivity index (χ0) is 22.4. The summed E-state index contributed by atoms with van der Waals surface area (Å²) in [5, 5.41) is 3.34. The van der Waals surface area contributed by atoms with Gasteiger partial charge in [-0.05, 0) is 32.4 Å². The number of hydrogen-bond donors (Lipinski definition) is 1. The van der Waals surface area contributed by atoms with Crippen LogP contribution in [0.2, 0.25) is 5.02 Å². The molecule has 4 rings (SSSR count). The number of rotatable bonds is 3. The summed E-state index contributed by atoms with van der Waals surface area (Å²) in [4.78, 5) is 44.0.